The second-order valence-corrected chi connectivity index (χ2v) is 7.97. The minimum absolute atomic E-state index is 0.00492. The van der Waals surface area contributed by atoms with Gasteiger partial charge in [0.25, 0.3) is 5.91 Å². The molecule has 8 heteroatoms. The Kier molecular flexibility index (Phi) is 4.90. The number of rotatable bonds is 4. The first-order valence-electron chi connectivity index (χ1n) is 9.17. The Labute approximate surface area is 165 Å². The molecule has 27 heavy (non-hydrogen) atoms. The molecule has 1 fully saturated rings. The van der Waals surface area contributed by atoms with Crippen molar-refractivity contribution in [1.82, 2.24) is 14.8 Å². The fourth-order valence-electron chi connectivity index (χ4n) is 3.82. The van der Waals surface area contributed by atoms with Gasteiger partial charge in [0, 0.05) is 41.6 Å². The van der Waals surface area contributed by atoms with Gasteiger partial charge in [-0.2, -0.15) is 0 Å². The summed E-state index contributed by atoms with van der Waals surface area (Å²) < 4.78 is 3.04. The molecule has 2 aliphatic rings. The highest BCUT2D eigenvalue weighted by atomic mass is 79.9. The molecular weight excluding hydrogens is 410 g/mol. The number of nitrogens with zero attached hydrogens (tertiary/aromatic N) is 3. The molecule has 0 aliphatic carbocycles. The van der Waals surface area contributed by atoms with Gasteiger partial charge in [-0.25, -0.2) is 0 Å². The molecule has 0 bridgehead atoms. The lowest BCUT2D eigenvalue weighted by Gasteiger charge is -2.30. The quantitative estimate of drug-likeness (QED) is 0.771. The minimum atomic E-state index is -0.270. The summed E-state index contributed by atoms with van der Waals surface area (Å²) in [7, 11) is 0. The van der Waals surface area contributed by atoms with Crippen LogP contribution in [0.4, 0.5) is 0 Å². The van der Waals surface area contributed by atoms with Crippen LogP contribution in [0.25, 0.3) is 10.9 Å². The van der Waals surface area contributed by atoms with E-state index < -0.39 is 0 Å². The number of piperidine rings is 1. The van der Waals surface area contributed by atoms with Gasteiger partial charge in [-0.1, -0.05) is 22.0 Å². The SMILES string of the molecule is NC(=O)C1CCN(C(=O)c2cn(CC3=NCCN3)c3cc(Br)ccc23)CC1. The molecule has 142 valence electrons. The lowest BCUT2D eigenvalue weighted by molar-refractivity contribution is -0.123. The largest absolute Gasteiger partial charge is 0.370 e. The first-order valence-corrected chi connectivity index (χ1v) is 9.96. The third-order valence-electron chi connectivity index (χ3n) is 5.32. The van der Waals surface area contributed by atoms with Crippen LogP contribution in [0.15, 0.2) is 33.9 Å². The van der Waals surface area contributed by atoms with E-state index in [9.17, 15) is 9.59 Å². The van der Waals surface area contributed by atoms with Crippen LogP contribution in [0.5, 0.6) is 0 Å². The average Bonchev–Trinajstić information content (AvgIpc) is 3.30. The van der Waals surface area contributed by atoms with Crippen LogP contribution in [0.2, 0.25) is 0 Å². The number of nitrogens with one attached hydrogen (secondary N) is 1. The summed E-state index contributed by atoms with van der Waals surface area (Å²) in [6, 6.07) is 5.96. The second-order valence-electron chi connectivity index (χ2n) is 7.06. The van der Waals surface area contributed by atoms with E-state index in [1.165, 1.54) is 0 Å². The lowest BCUT2D eigenvalue weighted by Crippen LogP contribution is -2.41. The van der Waals surface area contributed by atoms with Gasteiger partial charge in [0.1, 0.15) is 5.84 Å². The van der Waals surface area contributed by atoms with Crippen molar-refractivity contribution in [2.24, 2.45) is 16.6 Å². The van der Waals surface area contributed by atoms with E-state index in [1.807, 2.05) is 29.3 Å². The monoisotopic (exact) mass is 431 g/mol. The highest BCUT2D eigenvalue weighted by Gasteiger charge is 2.28. The number of halogens is 1. The van der Waals surface area contributed by atoms with E-state index in [4.69, 9.17) is 5.73 Å². The van der Waals surface area contributed by atoms with Gasteiger partial charge in [0.15, 0.2) is 0 Å². The number of fused-ring (bicyclic) bond motifs is 1. The fraction of sp³-hybridized carbons (Fsp3) is 0.421. The van der Waals surface area contributed by atoms with Crippen LogP contribution in [0.3, 0.4) is 0 Å². The molecule has 1 aromatic carbocycles. The van der Waals surface area contributed by atoms with Crippen molar-refractivity contribution in [3.8, 4) is 0 Å². The van der Waals surface area contributed by atoms with E-state index >= 15 is 0 Å². The van der Waals surface area contributed by atoms with Gasteiger partial charge in [-0.15, -0.1) is 0 Å². The molecule has 0 atom stereocenters. The first-order chi connectivity index (χ1) is 13.0. The number of aliphatic imine (C=N–C) groups is 1. The number of amides is 2. The molecule has 0 saturated carbocycles. The van der Waals surface area contributed by atoms with E-state index in [2.05, 4.69) is 30.8 Å². The normalized spacial score (nSPS) is 17.8. The van der Waals surface area contributed by atoms with Crippen LogP contribution < -0.4 is 11.1 Å². The minimum Gasteiger partial charge on any atom is -0.370 e. The number of hydrogen-bond acceptors (Lipinski definition) is 4. The topological polar surface area (TPSA) is 92.7 Å². The second kappa shape index (κ2) is 7.34. The lowest BCUT2D eigenvalue weighted by atomic mass is 9.96. The maximum absolute atomic E-state index is 13.2. The fourth-order valence-corrected chi connectivity index (χ4v) is 4.17. The summed E-state index contributed by atoms with van der Waals surface area (Å²) in [5.41, 5.74) is 7.09. The molecule has 3 N–H and O–H groups in total. The Morgan fingerprint density at radius 2 is 2.07 bits per heavy atom. The van der Waals surface area contributed by atoms with E-state index in [-0.39, 0.29) is 17.7 Å². The van der Waals surface area contributed by atoms with Gasteiger partial charge in [0.2, 0.25) is 5.91 Å². The molecule has 2 aliphatic heterocycles. The third-order valence-corrected chi connectivity index (χ3v) is 5.82. The van der Waals surface area contributed by atoms with E-state index in [0.29, 0.717) is 38.0 Å². The summed E-state index contributed by atoms with van der Waals surface area (Å²) in [6.45, 7) is 3.38. The molecule has 1 aromatic heterocycles. The average molecular weight is 432 g/mol. The van der Waals surface area contributed by atoms with E-state index in [0.717, 1.165) is 34.3 Å². The first kappa shape index (κ1) is 18.0. The number of hydrogen-bond donors (Lipinski definition) is 2. The predicted octanol–water partition coefficient (Wildman–Crippen LogP) is 1.74. The number of carbonyl (C=O) groups excluding carboxylic acids is 2. The van der Waals surface area contributed by atoms with Gasteiger partial charge in [-0.3, -0.25) is 14.6 Å². The summed E-state index contributed by atoms with van der Waals surface area (Å²) in [4.78, 5) is 30.8. The number of aromatic nitrogens is 1. The Bertz CT molecular complexity index is 928. The number of likely N-dealkylation sites (tertiary alicyclic amines) is 1. The Morgan fingerprint density at radius 1 is 1.30 bits per heavy atom. The summed E-state index contributed by atoms with van der Waals surface area (Å²) in [5.74, 6) is 0.546. The highest BCUT2D eigenvalue weighted by Crippen LogP contribution is 2.28. The number of benzene rings is 1. The van der Waals surface area contributed by atoms with Crippen molar-refractivity contribution in [3.63, 3.8) is 0 Å². The number of amidine groups is 1. The van der Waals surface area contributed by atoms with Crippen molar-refractivity contribution in [3.05, 3.63) is 34.4 Å². The molecule has 0 unspecified atom stereocenters. The van der Waals surface area contributed by atoms with Crippen molar-refractivity contribution in [2.45, 2.75) is 19.4 Å². The zero-order valence-corrected chi connectivity index (χ0v) is 16.5. The highest BCUT2D eigenvalue weighted by molar-refractivity contribution is 9.10. The van der Waals surface area contributed by atoms with Crippen LogP contribution >= 0.6 is 15.9 Å². The maximum Gasteiger partial charge on any atom is 0.256 e. The van der Waals surface area contributed by atoms with Gasteiger partial charge in [-0.05, 0) is 25.0 Å². The zero-order chi connectivity index (χ0) is 19.0. The Hall–Kier alpha value is -2.35. The number of primary amides is 1. The van der Waals surface area contributed by atoms with Gasteiger partial charge < -0.3 is 20.5 Å². The summed E-state index contributed by atoms with van der Waals surface area (Å²) in [5, 5.41) is 4.21. The zero-order valence-electron chi connectivity index (χ0n) is 14.9. The standard InChI is InChI=1S/C19H22BrN5O2/c20-13-1-2-14-15(19(27)24-7-3-12(4-8-24)18(21)26)10-25(16(14)9-13)11-17-22-5-6-23-17/h1-2,9-10,12H,3-8,11H2,(H2,21,26)(H,22,23). The molecule has 2 aromatic rings. The molecular formula is C19H22BrN5O2. The van der Waals surface area contributed by atoms with Crippen molar-refractivity contribution >= 4 is 44.5 Å². The van der Waals surface area contributed by atoms with E-state index in [1.54, 1.807) is 0 Å². The Balaban J connectivity index is 1.63. The van der Waals surface area contributed by atoms with Crippen LogP contribution in [-0.4, -0.2) is 53.3 Å². The number of nitrogens with two attached hydrogens (primary N) is 1. The van der Waals surface area contributed by atoms with Crippen molar-refractivity contribution < 1.29 is 9.59 Å². The van der Waals surface area contributed by atoms with Crippen molar-refractivity contribution in [2.75, 3.05) is 26.2 Å². The van der Waals surface area contributed by atoms with Gasteiger partial charge >= 0.3 is 0 Å². The van der Waals surface area contributed by atoms with Crippen molar-refractivity contribution in [1.29, 1.82) is 0 Å². The molecule has 7 nitrogen and oxygen atoms in total. The smallest absolute Gasteiger partial charge is 0.256 e. The molecule has 1 saturated heterocycles. The summed E-state index contributed by atoms with van der Waals surface area (Å²) >= 11 is 3.52. The third kappa shape index (κ3) is 3.58. The molecule has 0 spiro atoms. The Morgan fingerprint density at radius 3 is 2.74 bits per heavy atom. The van der Waals surface area contributed by atoms with Crippen LogP contribution in [-0.2, 0) is 11.3 Å². The predicted molar refractivity (Wildman–Crippen MR) is 108 cm³/mol. The van der Waals surface area contributed by atoms with Crippen LogP contribution in [0.1, 0.15) is 23.2 Å². The molecule has 2 amide bonds. The summed E-state index contributed by atoms with van der Waals surface area (Å²) in [6.07, 6.45) is 3.18. The maximum atomic E-state index is 13.2. The van der Waals surface area contributed by atoms with Gasteiger partial charge in [0.05, 0.1) is 24.2 Å². The molecule has 3 heterocycles. The molecule has 4 rings (SSSR count). The molecule has 0 radical (unpaired) electrons. The number of carbonyl (C=O) groups is 2. The van der Waals surface area contributed by atoms with Crippen LogP contribution in [0, 0.1) is 5.92 Å².